The van der Waals surface area contributed by atoms with Crippen molar-refractivity contribution in [1.82, 2.24) is 4.90 Å². The van der Waals surface area contributed by atoms with Crippen LogP contribution in [-0.2, 0) is 9.53 Å². The van der Waals surface area contributed by atoms with E-state index in [1.165, 1.54) is 0 Å². The zero-order valence-corrected chi connectivity index (χ0v) is 15.9. The smallest absolute Gasteiger partial charge is 0.254 e. The third-order valence-corrected chi connectivity index (χ3v) is 4.97. The lowest BCUT2D eigenvalue weighted by Gasteiger charge is -2.25. The molecule has 2 aromatic rings. The van der Waals surface area contributed by atoms with Crippen molar-refractivity contribution < 1.29 is 14.3 Å². The Bertz CT molecular complexity index is 798. The standard InChI is InChI=1S/C22H26N2O3/c1-16-8-6-12-20(17(16)2)23-21(25)15-24(14-19-11-7-13-27-19)22(26)18-9-4-3-5-10-18/h3-6,8-10,12,19H,7,11,13-15H2,1-2H3,(H,23,25)/t19-/m1/s1. The maximum Gasteiger partial charge on any atom is 0.254 e. The normalized spacial score (nSPS) is 16.1. The minimum absolute atomic E-state index is 0.000962. The molecule has 27 heavy (non-hydrogen) atoms. The van der Waals surface area contributed by atoms with Crippen molar-refractivity contribution in [3.05, 3.63) is 65.2 Å². The van der Waals surface area contributed by atoms with Crippen LogP contribution < -0.4 is 5.32 Å². The molecule has 1 saturated heterocycles. The molecule has 0 saturated carbocycles. The van der Waals surface area contributed by atoms with Gasteiger partial charge in [-0.15, -0.1) is 0 Å². The summed E-state index contributed by atoms with van der Waals surface area (Å²) in [5.74, 6) is -0.354. The number of nitrogens with one attached hydrogen (secondary N) is 1. The molecule has 1 atom stereocenters. The van der Waals surface area contributed by atoms with Gasteiger partial charge >= 0.3 is 0 Å². The number of ether oxygens (including phenoxy) is 1. The van der Waals surface area contributed by atoms with Crippen LogP contribution in [0.5, 0.6) is 0 Å². The molecule has 0 bridgehead atoms. The van der Waals surface area contributed by atoms with Crippen LogP contribution in [0.25, 0.3) is 0 Å². The number of rotatable bonds is 6. The average Bonchev–Trinajstić information content (AvgIpc) is 3.18. The first kappa shape index (κ1) is 19.1. The number of hydrogen-bond acceptors (Lipinski definition) is 3. The lowest BCUT2D eigenvalue weighted by atomic mass is 10.1. The number of anilines is 1. The van der Waals surface area contributed by atoms with Gasteiger partial charge in [0.15, 0.2) is 0 Å². The van der Waals surface area contributed by atoms with E-state index < -0.39 is 0 Å². The van der Waals surface area contributed by atoms with E-state index in [0.717, 1.165) is 29.7 Å². The Hall–Kier alpha value is -2.66. The molecule has 2 amide bonds. The fourth-order valence-corrected chi connectivity index (χ4v) is 3.27. The van der Waals surface area contributed by atoms with Gasteiger partial charge in [0, 0.05) is 24.4 Å². The fraction of sp³-hybridized carbons (Fsp3) is 0.364. The molecule has 3 rings (SSSR count). The molecule has 5 nitrogen and oxygen atoms in total. The number of nitrogens with zero attached hydrogens (tertiary/aromatic N) is 1. The third-order valence-electron chi connectivity index (χ3n) is 4.97. The highest BCUT2D eigenvalue weighted by Crippen LogP contribution is 2.19. The monoisotopic (exact) mass is 366 g/mol. The molecule has 1 heterocycles. The molecule has 0 radical (unpaired) electrons. The molecule has 0 aliphatic carbocycles. The highest BCUT2D eigenvalue weighted by molar-refractivity contribution is 5.99. The van der Waals surface area contributed by atoms with Gasteiger partial charge in [0.2, 0.25) is 5.91 Å². The molecule has 1 aliphatic heterocycles. The van der Waals surface area contributed by atoms with Crippen LogP contribution in [0, 0.1) is 13.8 Å². The van der Waals surface area contributed by atoms with Crippen molar-refractivity contribution in [2.45, 2.75) is 32.8 Å². The van der Waals surface area contributed by atoms with Crippen molar-refractivity contribution >= 4 is 17.5 Å². The summed E-state index contributed by atoms with van der Waals surface area (Å²) in [7, 11) is 0. The van der Waals surface area contributed by atoms with E-state index in [2.05, 4.69) is 5.32 Å². The molecule has 0 unspecified atom stereocenters. The Morgan fingerprint density at radius 1 is 1.11 bits per heavy atom. The summed E-state index contributed by atoms with van der Waals surface area (Å²) in [4.78, 5) is 27.2. The summed E-state index contributed by atoms with van der Waals surface area (Å²) in [5, 5.41) is 2.94. The minimum atomic E-state index is -0.203. The summed E-state index contributed by atoms with van der Waals surface area (Å²) in [6.45, 7) is 5.12. The third kappa shape index (κ3) is 4.95. The van der Waals surface area contributed by atoms with E-state index in [1.807, 2.05) is 50.2 Å². The van der Waals surface area contributed by atoms with Crippen LogP contribution in [0.15, 0.2) is 48.5 Å². The maximum absolute atomic E-state index is 12.9. The first-order valence-electron chi connectivity index (χ1n) is 9.36. The van der Waals surface area contributed by atoms with Crippen molar-refractivity contribution in [1.29, 1.82) is 0 Å². The Morgan fingerprint density at radius 3 is 2.59 bits per heavy atom. The minimum Gasteiger partial charge on any atom is -0.376 e. The van der Waals surface area contributed by atoms with Crippen molar-refractivity contribution in [3.8, 4) is 0 Å². The van der Waals surface area contributed by atoms with Gasteiger partial charge in [-0.25, -0.2) is 0 Å². The predicted molar refractivity (Wildman–Crippen MR) is 106 cm³/mol. The van der Waals surface area contributed by atoms with Gasteiger partial charge in [0.1, 0.15) is 6.54 Å². The largest absolute Gasteiger partial charge is 0.376 e. The van der Waals surface area contributed by atoms with E-state index >= 15 is 0 Å². The zero-order chi connectivity index (χ0) is 19.2. The van der Waals surface area contributed by atoms with Gasteiger partial charge < -0.3 is 15.0 Å². The molecule has 0 spiro atoms. The average molecular weight is 366 g/mol. The Morgan fingerprint density at radius 2 is 1.89 bits per heavy atom. The van der Waals surface area contributed by atoms with E-state index in [1.54, 1.807) is 17.0 Å². The second-order valence-corrected chi connectivity index (χ2v) is 6.98. The van der Waals surface area contributed by atoms with Crippen LogP contribution in [0.1, 0.15) is 34.3 Å². The van der Waals surface area contributed by atoms with Gasteiger partial charge in [-0.3, -0.25) is 9.59 Å². The number of amides is 2. The molecule has 1 fully saturated rings. The predicted octanol–water partition coefficient (Wildman–Crippen LogP) is 3.56. The molecule has 1 N–H and O–H groups in total. The van der Waals surface area contributed by atoms with Crippen molar-refractivity contribution in [2.24, 2.45) is 0 Å². The van der Waals surface area contributed by atoms with Gasteiger partial charge in [0.25, 0.3) is 5.91 Å². The van der Waals surface area contributed by atoms with Gasteiger partial charge in [-0.2, -0.15) is 0 Å². The van der Waals surface area contributed by atoms with E-state index in [0.29, 0.717) is 18.7 Å². The first-order valence-corrected chi connectivity index (χ1v) is 9.36. The summed E-state index contributed by atoms with van der Waals surface area (Å²) in [6, 6.07) is 14.9. The SMILES string of the molecule is Cc1cccc(NC(=O)CN(C[C@H]2CCCO2)C(=O)c2ccccc2)c1C. The van der Waals surface area contributed by atoms with Crippen LogP contribution in [0.4, 0.5) is 5.69 Å². The van der Waals surface area contributed by atoms with Crippen LogP contribution >= 0.6 is 0 Å². The van der Waals surface area contributed by atoms with Gasteiger partial charge in [0.05, 0.1) is 6.10 Å². The molecular weight excluding hydrogens is 340 g/mol. The molecule has 142 valence electrons. The number of benzene rings is 2. The molecular formula is C22H26N2O3. The maximum atomic E-state index is 12.9. The second-order valence-electron chi connectivity index (χ2n) is 6.98. The van der Waals surface area contributed by atoms with Crippen molar-refractivity contribution in [2.75, 3.05) is 25.0 Å². The van der Waals surface area contributed by atoms with Crippen molar-refractivity contribution in [3.63, 3.8) is 0 Å². The van der Waals surface area contributed by atoms with Gasteiger partial charge in [-0.05, 0) is 56.0 Å². The lowest BCUT2D eigenvalue weighted by molar-refractivity contribution is -0.117. The number of aryl methyl sites for hydroxylation is 1. The molecule has 1 aliphatic rings. The lowest BCUT2D eigenvalue weighted by Crippen LogP contribution is -2.42. The first-order chi connectivity index (χ1) is 13.0. The van der Waals surface area contributed by atoms with Crippen LogP contribution in [-0.4, -0.2) is 42.5 Å². The van der Waals surface area contributed by atoms with E-state index in [9.17, 15) is 9.59 Å². The molecule has 0 aromatic heterocycles. The van der Waals surface area contributed by atoms with Gasteiger partial charge in [-0.1, -0.05) is 30.3 Å². The highest BCUT2D eigenvalue weighted by atomic mass is 16.5. The number of carbonyl (C=O) groups excluding carboxylic acids is 2. The quantitative estimate of drug-likeness (QED) is 0.850. The highest BCUT2D eigenvalue weighted by Gasteiger charge is 2.25. The molecule has 2 aromatic carbocycles. The Kier molecular flexibility index (Phi) is 6.24. The fourth-order valence-electron chi connectivity index (χ4n) is 3.27. The Labute approximate surface area is 160 Å². The summed E-state index contributed by atoms with van der Waals surface area (Å²) < 4.78 is 5.68. The summed E-state index contributed by atoms with van der Waals surface area (Å²) >= 11 is 0. The summed E-state index contributed by atoms with van der Waals surface area (Å²) in [5.41, 5.74) is 3.51. The number of hydrogen-bond donors (Lipinski definition) is 1. The second kappa shape index (κ2) is 8.82. The molecule has 5 heteroatoms. The zero-order valence-electron chi connectivity index (χ0n) is 15.9. The Balaban J connectivity index is 1.72. The summed E-state index contributed by atoms with van der Waals surface area (Å²) in [6.07, 6.45) is 1.90. The topological polar surface area (TPSA) is 58.6 Å². The van der Waals surface area contributed by atoms with Crippen LogP contribution in [0.3, 0.4) is 0 Å². The number of carbonyl (C=O) groups is 2. The van der Waals surface area contributed by atoms with E-state index in [-0.39, 0.29) is 24.5 Å². The van der Waals surface area contributed by atoms with E-state index in [4.69, 9.17) is 4.74 Å². The van der Waals surface area contributed by atoms with Crippen LogP contribution in [0.2, 0.25) is 0 Å².